The normalized spacial score (nSPS) is 24.6. The lowest BCUT2D eigenvalue weighted by Gasteiger charge is -2.17. The minimum atomic E-state index is -0.129. The van der Waals surface area contributed by atoms with Gasteiger partial charge in [0.2, 0.25) is 5.91 Å². The SMILES string of the molecule is CC(NC(=O)CCCCC1SCC2NC(=O)NC21)c1nc2ccccc2n1C. The molecule has 28 heavy (non-hydrogen) atoms. The first-order valence-electron chi connectivity index (χ1n) is 9.92. The summed E-state index contributed by atoms with van der Waals surface area (Å²) in [6.07, 6.45) is 3.40. The first kappa shape index (κ1) is 19.1. The van der Waals surface area contributed by atoms with Crippen molar-refractivity contribution in [3.63, 3.8) is 0 Å². The molecule has 4 atom stereocenters. The van der Waals surface area contributed by atoms with Crippen molar-refractivity contribution in [2.75, 3.05) is 5.75 Å². The van der Waals surface area contributed by atoms with Gasteiger partial charge in [-0.25, -0.2) is 9.78 Å². The Morgan fingerprint density at radius 2 is 2.18 bits per heavy atom. The monoisotopic (exact) mass is 401 g/mol. The molecule has 2 fully saturated rings. The molecule has 3 N–H and O–H groups in total. The van der Waals surface area contributed by atoms with Crippen LogP contribution in [0.1, 0.15) is 44.5 Å². The molecule has 150 valence electrons. The molecule has 0 bridgehead atoms. The third kappa shape index (κ3) is 3.83. The zero-order chi connectivity index (χ0) is 19.7. The number of fused-ring (bicyclic) bond motifs is 2. The largest absolute Gasteiger partial charge is 0.346 e. The molecule has 8 heteroatoms. The van der Waals surface area contributed by atoms with E-state index in [1.54, 1.807) is 0 Å². The summed E-state index contributed by atoms with van der Waals surface area (Å²) in [6.45, 7) is 1.98. The average Bonchev–Trinajstić information content (AvgIpc) is 3.32. The van der Waals surface area contributed by atoms with E-state index in [0.717, 1.165) is 41.9 Å². The molecule has 0 aliphatic carbocycles. The second-order valence-corrected chi connectivity index (χ2v) is 8.95. The van der Waals surface area contributed by atoms with E-state index in [1.807, 2.05) is 54.6 Å². The number of amides is 3. The fraction of sp³-hybridized carbons (Fsp3) is 0.550. The van der Waals surface area contributed by atoms with Gasteiger partial charge in [-0.2, -0.15) is 11.8 Å². The smallest absolute Gasteiger partial charge is 0.315 e. The lowest BCUT2D eigenvalue weighted by molar-refractivity contribution is -0.121. The second-order valence-electron chi connectivity index (χ2n) is 7.67. The molecule has 3 amide bonds. The number of aryl methyl sites for hydroxylation is 1. The Balaban J connectivity index is 1.22. The molecule has 1 aromatic carbocycles. The third-order valence-electron chi connectivity index (χ3n) is 5.67. The van der Waals surface area contributed by atoms with Gasteiger partial charge in [0.1, 0.15) is 5.82 Å². The van der Waals surface area contributed by atoms with Gasteiger partial charge in [0, 0.05) is 24.5 Å². The summed E-state index contributed by atoms with van der Waals surface area (Å²) in [5, 5.41) is 9.50. The van der Waals surface area contributed by atoms with Crippen LogP contribution in [-0.2, 0) is 11.8 Å². The fourth-order valence-corrected chi connectivity index (χ4v) is 5.75. The summed E-state index contributed by atoms with van der Waals surface area (Å²) in [6, 6.07) is 8.32. The van der Waals surface area contributed by atoms with Crippen LogP contribution in [0.5, 0.6) is 0 Å². The number of unbranched alkanes of at least 4 members (excludes halogenated alkanes) is 1. The van der Waals surface area contributed by atoms with Crippen LogP contribution in [0.4, 0.5) is 4.79 Å². The predicted octanol–water partition coefficient (Wildman–Crippen LogP) is 2.48. The quantitative estimate of drug-likeness (QED) is 0.491. The van der Waals surface area contributed by atoms with Gasteiger partial charge >= 0.3 is 6.03 Å². The van der Waals surface area contributed by atoms with Gasteiger partial charge in [0.05, 0.1) is 29.2 Å². The van der Waals surface area contributed by atoms with E-state index >= 15 is 0 Å². The Morgan fingerprint density at radius 3 is 3.00 bits per heavy atom. The fourth-order valence-electron chi connectivity index (χ4n) is 4.20. The number of carbonyl (C=O) groups excluding carboxylic acids is 2. The summed E-state index contributed by atoms with van der Waals surface area (Å²) >= 11 is 1.92. The van der Waals surface area contributed by atoms with Crippen LogP contribution in [-0.4, -0.2) is 44.6 Å². The van der Waals surface area contributed by atoms with E-state index in [2.05, 4.69) is 20.9 Å². The van der Waals surface area contributed by atoms with Crippen LogP contribution < -0.4 is 16.0 Å². The maximum atomic E-state index is 12.4. The van der Waals surface area contributed by atoms with Crippen molar-refractivity contribution < 1.29 is 9.59 Å². The molecule has 2 aliphatic heterocycles. The van der Waals surface area contributed by atoms with Crippen molar-refractivity contribution >= 4 is 34.7 Å². The number of hydrogen-bond donors (Lipinski definition) is 3. The third-order valence-corrected chi connectivity index (χ3v) is 7.18. The highest BCUT2D eigenvalue weighted by Gasteiger charge is 2.42. The van der Waals surface area contributed by atoms with Crippen molar-refractivity contribution in [1.82, 2.24) is 25.5 Å². The highest BCUT2D eigenvalue weighted by molar-refractivity contribution is 8.00. The van der Waals surface area contributed by atoms with Crippen LogP contribution >= 0.6 is 11.8 Å². The molecule has 7 nitrogen and oxygen atoms in total. The van der Waals surface area contributed by atoms with E-state index in [0.29, 0.717) is 11.7 Å². The molecular weight excluding hydrogens is 374 g/mol. The van der Waals surface area contributed by atoms with Crippen molar-refractivity contribution in [1.29, 1.82) is 0 Å². The lowest BCUT2D eigenvalue weighted by Crippen LogP contribution is -2.36. The predicted molar refractivity (Wildman–Crippen MR) is 111 cm³/mol. The number of urea groups is 1. The molecular formula is C20H27N5O2S. The van der Waals surface area contributed by atoms with Gasteiger partial charge in [-0.3, -0.25) is 4.79 Å². The molecule has 2 aliphatic rings. The van der Waals surface area contributed by atoms with Crippen molar-refractivity contribution in [2.24, 2.45) is 7.05 Å². The molecule has 2 saturated heterocycles. The summed E-state index contributed by atoms with van der Waals surface area (Å²) in [7, 11) is 1.98. The highest BCUT2D eigenvalue weighted by Crippen LogP contribution is 2.33. The zero-order valence-corrected chi connectivity index (χ0v) is 17.1. The van der Waals surface area contributed by atoms with E-state index in [-0.39, 0.29) is 30.1 Å². The van der Waals surface area contributed by atoms with E-state index in [9.17, 15) is 9.59 Å². The Hall–Kier alpha value is -2.22. The van der Waals surface area contributed by atoms with E-state index in [4.69, 9.17) is 0 Å². The van der Waals surface area contributed by atoms with Gasteiger partial charge in [-0.05, 0) is 31.9 Å². The minimum absolute atomic E-state index is 0.0457. The van der Waals surface area contributed by atoms with Crippen molar-refractivity contribution in [2.45, 2.75) is 56.0 Å². The maximum Gasteiger partial charge on any atom is 0.315 e. The number of para-hydroxylation sites is 2. The molecule has 0 spiro atoms. The van der Waals surface area contributed by atoms with Gasteiger partial charge in [0.25, 0.3) is 0 Å². The van der Waals surface area contributed by atoms with Gasteiger partial charge in [-0.15, -0.1) is 0 Å². The van der Waals surface area contributed by atoms with E-state index < -0.39 is 0 Å². The molecule has 1 aromatic heterocycles. The van der Waals surface area contributed by atoms with Crippen LogP contribution in [0.2, 0.25) is 0 Å². The number of nitrogens with zero attached hydrogens (tertiary/aromatic N) is 2. The number of nitrogens with one attached hydrogen (secondary N) is 3. The van der Waals surface area contributed by atoms with Crippen LogP contribution in [0.15, 0.2) is 24.3 Å². The van der Waals surface area contributed by atoms with Crippen molar-refractivity contribution in [3.8, 4) is 0 Å². The topological polar surface area (TPSA) is 88.1 Å². The van der Waals surface area contributed by atoms with Crippen LogP contribution in [0.25, 0.3) is 11.0 Å². The summed E-state index contributed by atoms with van der Waals surface area (Å²) in [5.41, 5.74) is 2.02. The maximum absolute atomic E-state index is 12.4. The Bertz CT molecular complexity index is 883. The molecule has 2 aromatic rings. The highest BCUT2D eigenvalue weighted by atomic mass is 32.2. The van der Waals surface area contributed by atoms with Gasteiger partial charge in [-0.1, -0.05) is 18.6 Å². The molecule has 3 heterocycles. The first-order chi connectivity index (χ1) is 13.5. The number of benzene rings is 1. The molecule has 0 radical (unpaired) electrons. The Morgan fingerprint density at radius 1 is 1.36 bits per heavy atom. The minimum Gasteiger partial charge on any atom is -0.346 e. The standard InChI is InChI=1S/C20H27N5O2S/c1-12(19-22-13-7-3-4-8-15(13)25(19)2)21-17(26)10-6-5-9-16-18-14(11-28-16)23-20(27)24-18/h3-4,7-8,12,14,16,18H,5-6,9-11H2,1-2H3,(H,21,26)(H2,23,24,27). The number of carbonyl (C=O) groups is 2. The molecule has 4 unspecified atom stereocenters. The molecule has 0 saturated carbocycles. The summed E-state index contributed by atoms with van der Waals surface area (Å²) in [5.74, 6) is 1.91. The Labute approximate surface area is 169 Å². The average molecular weight is 402 g/mol. The lowest BCUT2D eigenvalue weighted by atomic mass is 10.0. The van der Waals surface area contributed by atoms with E-state index in [1.165, 1.54) is 0 Å². The van der Waals surface area contributed by atoms with Gasteiger partial charge in [0.15, 0.2) is 0 Å². The first-order valence-corrected chi connectivity index (χ1v) is 11.0. The number of thioether (sulfide) groups is 1. The summed E-state index contributed by atoms with van der Waals surface area (Å²) in [4.78, 5) is 28.4. The number of imidazole rings is 1. The second kappa shape index (κ2) is 8.03. The number of hydrogen-bond acceptors (Lipinski definition) is 4. The number of aromatic nitrogens is 2. The summed E-state index contributed by atoms with van der Waals surface area (Å²) < 4.78 is 2.04. The zero-order valence-electron chi connectivity index (χ0n) is 16.3. The van der Waals surface area contributed by atoms with Crippen LogP contribution in [0, 0.1) is 0 Å². The Kier molecular flexibility index (Phi) is 5.48. The van der Waals surface area contributed by atoms with Crippen molar-refractivity contribution in [3.05, 3.63) is 30.1 Å². The van der Waals surface area contributed by atoms with Gasteiger partial charge < -0.3 is 20.5 Å². The number of rotatable bonds is 7. The molecule has 4 rings (SSSR count). The van der Waals surface area contributed by atoms with Crippen LogP contribution in [0.3, 0.4) is 0 Å².